The number of amides is 3. The molecule has 0 fully saturated rings. The van der Waals surface area contributed by atoms with Crippen LogP contribution in [0.2, 0.25) is 0 Å². The normalized spacial score (nSPS) is 13.1. The summed E-state index contributed by atoms with van der Waals surface area (Å²) in [4.78, 5) is 41.5. The van der Waals surface area contributed by atoms with Crippen LogP contribution < -0.4 is 10.6 Å². The highest BCUT2D eigenvalue weighted by molar-refractivity contribution is 5.91. The Balaban J connectivity index is 1.55. The van der Waals surface area contributed by atoms with Gasteiger partial charge in [-0.2, -0.15) is 0 Å². The fourth-order valence-corrected chi connectivity index (χ4v) is 3.08. The summed E-state index contributed by atoms with van der Waals surface area (Å²) < 4.78 is 0. The van der Waals surface area contributed by atoms with Gasteiger partial charge in [0.2, 0.25) is 17.7 Å². The van der Waals surface area contributed by atoms with Gasteiger partial charge >= 0.3 is 0 Å². The van der Waals surface area contributed by atoms with Crippen molar-refractivity contribution in [1.29, 1.82) is 0 Å². The van der Waals surface area contributed by atoms with Crippen LogP contribution in [0, 0.1) is 0 Å². The molecule has 2 heterocycles. The summed E-state index contributed by atoms with van der Waals surface area (Å²) in [5.41, 5.74) is 3.77. The van der Waals surface area contributed by atoms with Crippen molar-refractivity contribution in [3.05, 3.63) is 71.1 Å². The quantitative estimate of drug-likeness (QED) is 0.728. The number of benzene rings is 1. The van der Waals surface area contributed by atoms with Crippen molar-refractivity contribution in [2.75, 3.05) is 13.1 Å². The molecule has 7 nitrogen and oxygen atoms in total. The van der Waals surface area contributed by atoms with E-state index in [-0.39, 0.29) is 24.3 Å². The Morgan fingerprint density at radius 3 is 2.72 bits per heavy atom. The summed E-state index contributed by atoms with van der Waals surface area (Å²) in [6.45, 7) is 2.78. The minimum absolute atomic E-state index is 0.00158. The minimum Gasteiger partial charge on any atom is -0.348 e. The Morgan fingerprint density at radius 1 is 1.17 bits per heavy atom. The van der Waals surface area contributed by atoms with Gasteiger partial charge in [-0.05, 0) is 28.8 Å². The molecule has 7 heteroatoms. The molecule has 0 spiro atoms. The summed E-state index contributed by atoms with van der Waals surface area (Å²) in [5.74, 6) is -0.522. The fraction of sp³-hybridized carbons (Fsp3) is 0.273. The predicted octanol–water partition coefficient (Wildman–Crippen LogP) is 1.43. The number of pyridine rings is 1. The lowest BCUT2D eigenvalue weighted by Crippen LogP contribution is -2.42. The lowest BCUT2D eigenvalue weighted by molar-refractivity contribution is -0.133. The molecule has 2 N–H and O–H groups in total. The van der Waals surface area contributed by atoms with Gasteiger partial charge < -0.3 is 15.5 Å². The molecule has 2 aromatic rings. The monoisotopic (exact) mass is 392 g/mol. The molecule has 0 radical (unpaired) electrons. The Bertz CT molecular complexity index is 925. The van der Waals surface area contributed by atoms with Crippen LogP contribution in [0.1, 0.15) is 29.3 Å². The maximum atomic E-state index is 12.2. The standard InChI is InChI=1S/C22H24N4O3/c1-16(27)23-14-22(29)26-10-9-20-19(15-26)11-18(12-24-20)13-25-21(28)8-7-17-5-3-2-4-6-17/h2-8,11-12H,9-10,13-15H2,1H3,(H,23,27)(H,25,28)/b8-7+. The Morgan fingerprint density at radius 2 is 1.97 bits per heavy atom. The van der Waals surface area contributed by atoms with Crippen LogP contribution >= 0.6 is 0 Å². The van der Waals surface area contributed by atoms with Crippen molar-refractivity contribution in [3.8, 4) is 0 Å². The minimum atomic E-state index is -0.225. The molecule has 1 aromatic heterocycles. The summed E-state index contributed by atoms with van der Waals surface area (Å²) in [5, 5.41) is 5.38. The number of rotatable bonds is 6. The highest BCUT2D eigenvalue weighted by atomic mass is 16.2. The van der Waals surface area contributed by atoms with E-state index in [1.807, 2.05) is 36.4 Å². The van der Waals surface area contributed by atoms with Gasteiger partial charge in [0.25, 0.3) is 0 Å². The van der Waals surface area contributed by atoms with Crippen LogP contribution in [-0.2, 0) is 33.9 Å². The average molecular weight is 392 g/mol. The first-order chi connectivity index (χ1) is 14.0. The summed E-state index contributed by atoms with van der Waals surface area (Å²) in [7, 11) is 0. The molecular weight excluding hydrogens is 368 g/mol. The van der Waals surface area contributed by atoms with Crippen LogP contribution in [0.15, 0.2) is 48.7 Å². The highest BCUT2D eigenvalue weighted by Crippen LogP contribution is 2.18. The van der Waals surface area contributed by atoms with Crippen LogP contribution in [0.4, 0.5) is 0 Å². The number of nitrogens with zero attached hydrogens (tertiary/aromatic N) is 2. The van der Waals surface area contributed by atoms with E-state index in [9.17, 15) is 14.4 Å². The van der Waals surface area contributed by atoms with E-state index in [1.165, 1.54) is 13.0 Å². The SMILES string of the molecule is CC(=O)NCC(=O)N1CCc2ncc(CNC(=O)/C=C/c3ccccc3)cc2C1. The average Bonchev–Trinajstić information content (AvgIpc) is 2.74. The number of aromatic nitrogens is 1. The first kappa shape index (κ1) is 20.3. The number of hydrogen-bond donors (Lipinski definition) is 2. The van der Waals surface area contributed by atoms with Crippen molar-refractivity contribution >= 4 is 23.8 Å². The number of carbonyl (C=O) groups excluding carboxylic acids is 3. The Labute approximate surface area is 169 Å². The molecule has 0 unspecified atom stereocenters. The van der Waals surface area contributed by atoms with E-state index in [4.69, 9.17) is 0 Å². The molecule has 0 saturated carbocycles. The second-order valence-corrected chi connectivity index (χ2v) is 6.89. The molecule has 0 bridgehead atoms. The maximum Gasteiger partial charge on any atom is 0.244 e. The highest BCUT2D eigenvalue weighted by Gasteiger charge is 2.21. The van der Waals surface area contributed by atoms with Gasteiger partial charge in [-0.1, -0.05) is 30.3 Å². The van der Waals surface area contributed by atoms with Gasteiger partial charge in [0.1, 0.15) is 0 Å². The molecule has 0 aliphatic carbocycles. The zero-order valence-electron chi connectivity index (χ0n) is 16.4. The van der Waals surface area contributed by atoms with Gasteiger partial charge in [-0.25, -0.2) is 0 Å². The summed E-state index contributed by atoms with van der Waals surface area (Å²) in [6.07, 6.45) is 5.70. The summed E-state index contributed by atoms with van der Waals surface area (Å²) in [6, 6.07) is 11.6. The molecule has 1 aliphatic rings. The van der Waals surface area contributed by atoms with Gasteiger partial charge in [0.05, 0.1) is 6.54 Å². The first-order valence-corrected chi connectivity index (χ1v) is 9.51. The van der Waals surface area contributed by atoms with Crippen LogP contribution in [0.3, 0.4) is 0 Å². The third kappa shape index (κ3) is 6.00. The maximum absolute atomic E-state index is 12.2. The molecule has 29 heavy (non-hydrogen) atoms. The number of fused-ring (bicyclic) bond motifs is 1. The van der Waals surface area contributed by atoms with Gasteiger partial charge in [-0.3, -0.25) is 19.4 Å². The topological polar surface area (TPSA) is 91.4 Å². The Hall–Kier alpha value is -3.48. The lowest BCUT2D eigenvalue weighted by Gasteiger charge is -2.28. The molecule has 150 valence electrons. The van der Waals surface area contributed by atoms with Gasteiger partial charge in [0.15, 0.2) is 0 Å². The molecule has 1 aliphatic heterocycles. The van der Waals surface area contributed by atoms with Crippen molar-refractivity contribution in [3.63, 3.8) is 0 Å². The number of nitrogens with one attached hydrogen (secondary N) is 2. The fourth-order valence-electron chi connectivity index (χ4n) is 3.08. The second kappa shape index (κ2) is 9.64. The van der Waals surface area contributed by atoms with Crippen molar-refractivity contribution in [2.45, 2.75) is 26.4 Å². The molecule has 0 saturated heterocycles. The zero-order chi connectivity index (χ0) is 20.6. The smallest absolute Gasteiger partial charge is 0.244 e. The van der Waals surface area contributed by atoms with Crippen LogP contribution in [0.25, 0.3) is 6.08 Å². The van der Waals surface area contributed by atoms with E-state index in [0.29, 0.717) is 26.1 Å². The molecular formula is C22H24N4O3. The van der Waals surface area contributed by atoms with Gasteiger partial charge in [-0.15, -0.1) is 0 Å². The second-order valence-electron chi connectivity index (χ2n) is 6.89. The first-order valence-electron chi connectivity index (χ1n) is 9.51. The number of carbonyl (C=O) groups is 3. The molecule has 1 aromatic carbocycles. The third-order valence-electron chi connectivity index (χ3n) is 4.63. The largest absolute Gasteiger partial charge is 0.348 e. The number of hydrogen-bond acceptors (Lipinski definition) is 4. The van der Waals surface area contributed by atoms with Crippen LogP contribution in [0.5, 0.6) is 0 Å². The lowest BCUT2D eigenvalue weighted by atomic mass is 10.0. The van der Waals surface area contributed by atoms with Crippen LogP contribution in [-0.4, -0.2) is 40.7 Å². The van der Waals surface area contributed by atoms with Gasteiger partial charge in [0, 0.05) is 50.9 Å². The third-order valence-corrected chi connectivity index (χ3v) is 4.63. The van der Waals surface area contributed by atoms with E-state index < -0.39 is 0 Å². The van der Waals surface area contributed by atoms with E-state index in [1.54, 1.807) is 17.2 Å². The Kier molecular flexibility index (Phi) is 6.73. The van der Waals surface area contributed by atoms with Crippen molar-refractivity contribution in [2.24, 2.45) is 0 Å². The van der Waals surface area contributed by atoms with Crippen molar-refractivity contribution < 1.29 is 14.4 Å². The summed E-state index contributed by atoms with van der Waals surface area (Å²) >= 11 is 0. The van der Waals surface area contributed by atoms with Crippen molar-refractivity contribution in [1.82, 2.24) is 20.5 Å². The zero-order valence-corrected chi connectivity index (χ0v) is 16.4. The molecule has 0 atom stereocenters. The van der Waals surface area contributed by atoms with E-state index >= 15 is 0 Å². The van der Waals surface area contributed by atoms with E-state index in [2.05, 4.69) is 15.6 Å². The molecule has 3 rings (SSSR count). The predicted molar refractivity (Wildman–Crippen MR) is 109 cm³/mol. The van der Waals surface area contributed by atoms with E-state index in [0.717, 1.165) is 22.4 Å². The molecule has 3 amide bonds.